The van der Waals surface area contributed by atoms with Crippen molar-refractivity contribution in [3.8, 4) is 0 Å². The van der Waals surface area contributed by atoms with E-state index in [-0.39, 0.29) is 6.04 Å². The van der Waals surface area contributed by atoms with Gasteiger partial charge in [-0.1, -0.05) is 0 Å². The number of anilines is 1. The SMILES string of the molecule is Cc1cc(NC(C)Cn2cccn2)n2ncnc2c1. The summed E-state index contributed by atoms with van der Waals surface area (Å²) in [6, 6.07) is 6.25. The maximum absolute atomic E-state index is 4.23. The average molecular weight is 256 g/mol. The molecule has 3 aromatic heterocycles. The lowest BCUT2D eigenvalue weighted by molar-refractivity contribution is 0.558. The summed E-state index contributed by atoms with van der Waals surface area (Å²) in [6.45, 7) is 4.97. The van der Waals surface area contributed by atoms with E-state index in [1.54, 1.807) is 12.5 Å². The number of aromatic nitrogens is 5. The van der Waals surface area contributed by atoms with Crippen LogP contribution in [-0.4, -0.2) is 30.4 Å². The minimum absolute atomic E-state index is 0.245. The molecule has 0 spiro atoms. The summed E-state index contributed by atoms with van der Waals surface area (Å²) in [5.74, 6) is 0.951. The van der Waals surface area contributed by atoms with Crippen molar-refractivity contribution in [2.24, 2.45) is 0 Å². The van der Waals surface area contributed by atoms with Crippen LogP contribution in [0.2, 0.25) is 0 Å². The van der Waals surface area contributed by atoms with Crippen molar-refractivity contribution in [1.29, 1.82) is 0 Å². The second-order valence-corrected chi connectivity index (χ2v) is 4.72. The second kappa shape index (κ2) is 4.72. The fourth-order valence-electron chi connectivity index (χ4n) is 2.15. The topological polar surface area (TPSA) is 60.0 Å². The summed E-state index contributed by atoms with van der Waals surface area (Å²) in [5, 5.41) is 11.9. The molecule has 3 heterocycles. The van der Waals surface area contributed by atoms with E-state index < -0.39 is 0 Å². The molecule has 3 rings (SSSR count). The normalized spacial score (nSPS) is 12.7. The molecule has 3 aromatic rings. The van der Waals surface area contributed by atoms with Gasteiger partial charge in [0.2, 0.25) is 0 Å². The lowest BCUT2D eigenvalue weighted by Gasteiger charge is -2.16. The van der Waals surface area contributed by atoms with Gasteiger partial charge >= 0.3 is 0 Å². The molecule has 0 aliphatic rings. The summed E-state index contributed by atoms with van der Waals surface area (Å²) in [5.41, 5.74) is 2.02. The van der Waals surface area contributed by atoms with Crippen LogP contribution in [0.3, 0.4) is 0 Å². The fourth-order valence-corrected chi connectivity index (χ4v) is 2.15. The molecule has 0 aromatic carbocycles. The first-order chi connectivity index (χ1) is 9.22. The van der Waals surface area contributed by atoms with E-state index in [0.717, 1.165) is 23.6 Å². The maximum Gasteiger partial charge on any atom is 0.157 e. The van der Waals surface area contributed by atoms with Gasteiger partial charge in [0.1, 0.15) is 12.1 Å². The zero-order valence-corrected chi connectivity index (χ0v) is 11.0. The van der Waals surface area contributed by atoms with Crippen LogP contribution in [0.15, 0.2) is 36.9 Å². The molecular weight excluding hydrogens is 240 g/mol. The van der Waals surface area contributed by atoms with E-state index in [4.69, 9.17) is 0 Å². The molecule has 1 N–H and O–H groups in total. The number of pyridine rings is 1. The van der Waals surface area contributed by atoms with Gasteiger partial charge in [0.05, 0.1) is 6.54 Å². The highest BCUT2D eigenvalue weighted by Crippen LogP contribution is 2.14. The van der Waals surface area contributed by atoms with E-state index in [1.165, 1.54) is 0 Å². The lowest BCUT2D eigenvalue weighted by Crippen LogP contribution is -2.23. The lowest BCUT2D eigenvalue weighted by atomic mass is 10.2. The predicted octanol–water partition coefficient (Wildman–Crippen LogP) is 1.73. The van der Waals surface area contributed by atoms with Crippen molar-refractivity contribution >= 4 is 11.5 Å². The first-order valence-corrected chi connectivity index (χ1v) is 6.27. The summed E-state index contributed by atoms with van der Waals surface area (Å²) >= 11 is 0. The van der Waals surface area contributed by atoms with Gasteiger partial charge in [-0.2, -0.15) is 14.7 Å². The van der Waals surface area contributed by atoms with Crippen molar-refractivity contribution < 1.29 is 0 Å². The van der Waals surface area contributed by atoms with Gasteiger partial charge in [-0.3, -0.25) is 4.68 Å². The zero-order valence-electron chi connectivity index (χ0n) is 11.0. The summed E-state index contributed by atoms with van der Waals surface area (Å²) < 4.78 is 3.72. The highest BCUT2D eigenvalue weighted by atomic mass is 15.3. The van der Waals surface area contributed by atoms with Gasteiger partial charge in [-0.15, -0.1) is 0 Å². The number of hydrogen-bond acceptors (Lipinski definition) is 4. The third-order valence-corrected chi connectivity index (χ3v) is 2.94. The van der Waals surface area contributed by atoms with E-state index >= 15 is 0 Å². The van der Waals surface area contributed by atoms with Crippen LogP contribution in [0, 0.1) is 6.92 Å². The summed E-state index contributed by atoms with van der Waals surface area (Å²) in [7, 11) is 0. The molecule has 6 heteroatoms. The first kappa shape index (κ1) is 11.7. The van der Waals surface area contributed by atoms with Crippen LogP contribution >= 0.6 is 0 Å². The molecule has 0 saturated carbocycles. The van der Waals surface area contributed by atoms with Gasteiger partial charge in [-0.25, -0.2) is 4.98 Å². The van der Waals surface area contributed by atoms with E-state index in [2.05, 4.69) is 40.4 Å². The van der Waals surface area contributed by atoms with Crippen LogP contribution < -0.4 is 5.32 Å². The number of nitrogens with zero attached hydrogens (tertiary/aromatic N) is 5. The Morgan fingerprint density at radius 1 is 1.32 bits per heavy atom. The number of rotatable bonds is 4. The van der Waals surface area contributed by atoms with Crippen molar-refractivity contribution in [1.82, 2.24) is 24.4 Å². The van der Waals surface area contributed by atoms with Crippen LogP contribution in [0.4, 0.5) is 5.82 Å². The largest absolute Gasteiger partial charge is 0.366 e. The Morgan fingerprint density at radius 3 is 3.00 bits per heavy atom. The van der Waals surface area contributed by atoms with Crippen LogP contribution in [0.5, 0.6) is 0 Å². The number of hydrogen-bond donors (Lipinski definition) is 1. The molecule has 19 heavy (non-hydrogen) atoms. The van der Waals surface area contributed by atoms with Crippen LogP contribution in [0.25, 0.3) is 5.65 Å². The Labute approximate surface area is 111 Å². The number of aryl methyl sites for hydroxylation is 1. The zero-order chi connectivity index (χ0) is 13.2. The van der Waals surface area contributed by atoms with Gasteiger partial charge in [0.25, 0.3) is 0 Å². The molecule has 1 unspecified atom stereocenters. The minimum Gasteiger partial charge on any atom is -0.366 e. The predicted molar refractivity (Wildman–Crippen MR) is 73.0 cm³/mol. The molecular formula is C13H16N6. The highest BCUT2D eigenvalue weighted by Gasteiger charge is 2.08. The van der Waals surface area contributed by atoms with Crippen molar-refractivity contribution in [3.05, 3.63) is 42.5 Å². The molecule has 0 saturated heterocycles. The average Bonchev–Trinajstić information content (AvgIpc) is 2.99. The Balaban J connectivity index is 1.82. The second-order valence-electron chi connectivity index (χ2n) is 4.72. The van der Waals surface area contributed by atoms with Crippen molar-refractivity contribution in [2.45, 2.75) is 26.4 Å². The highest BCUT2D eigenvalue weighted by molar-refractivity contribution is 5.51. The molecule has 0 amide bonds. The molecule has 0 bridgehead atoms. The Morgan fingerprint density at radius 2 is 2.21 bits per heavy atom. The monoisotopic (exact) mass is 256 g/mol. The quantitative estimate of drug-likeness (QED) is 0.772. The Kier molecular flexibility index (Phi) is 2.91. The minimum atomic E-state index is 0.245. The smallest absolute Gasteiger partial charge is 0.157 e. The molecule has 0 aliphatic heterocycles. The molecule has 0 fully saturated rings. The van der Waals surface area contributed by atoms with E-state index in [0.29, 0.717) is 0 Å². The fraction of sp³-hybridized carbons (Fsp3) is 0.308. The summed E-state index contributed by atoms with van der Waals surface area (Å²) in [4.78, 5) is 4.22. The molecule has 98 valence electrons. The van der Waals surface area contributed by atoms with Crippen molar-refractivity contribution in [3.63, 3.8) is 0 Å². The van der Waals surface area contributed by atoms with Gasteiger partial charge in [-0.05, 0) is 37.6 Å². The number of nitrogens with one attached hydrogen (secondary N) is 1. The maximum atomic E-state index is 4.23. The number of fused-ring (bicyclic) bond motifs is 1. The van der Waals surface area contributed by atoms with E-state index in [9.17, 15) is 0 Å². The first-order valence-electron chi connectivity index (χ1n) is 6.27. The Bertz CT molecular complexity index is 670. The summed E-state index contributed by atoms with van der Waals surface area (Å²) in [6.07, 6.45) is 5.31. The standard InChI is InChI=1S/C13H16N6/c1-10-6-12-14-9-16-19(12)13(7-10)17-11(2)8-18-5-3-4-15-18/h3-7,9,11,17H,8H2,1-2H3. The van der Waals surface area contributed by atoms with Crippen LogP contribution in [-0.2, 0) is 6.54 Å². The van der Waals surface area contributed by atoms with Crippen LogP contribution in [0.1, 0.15) is 12.5 Å². The molecule has 0 aliphatic carbocycles. The Hall–Kier alpha value is -2.37. The molecule has 1 atom stereocenters. The van der Waals surface area contributed by atoms with Gasteiger partial charge in [0, 0.05) is 18.4 Å². The van der Waals surface area contributed by atoms with E-state index in [1.807, 2.05) is 27.5 Å². The molecule has 0 radical (unpaired) electrons. The third kappa shape index (κ3) is 2.42. The van der Waals surface area contributed by atoms with Gasteiger partial charge in [0.15, 0.2) is 5.65 Å². The van der Waals surface area contributed by atoms with Crippen molar-refractivity contribution in [2.75, 3.05) is 5.32 Å². The van der Waals surface area contributed by atoms with Gasteiger partial charge < -0.3 is 5.32 Å². The third-order valence-electron chi connectivity index (χ3n) is 2.94. The molecule has 6 nitrogen and oxygen atoms in total.